The third-order valence-electron chi connectivity index (χ3n) is 5.58. The van der Waals surface area contributed by atoms with E-state index in [2.05, 4.69) is 10.6 Å². The zero-order valence-electron chi connectivity index (χ0n) is 15.5. The molecular formula is C20H28F3N3O. The zero-order chi connectivity index (χ0) is 19.3. The van der Waals surface area contributed by atoms with Crippen LogP contribution in [-0.4, -0.2) is 36.1 Å². The Morgan fingerprint density at radius 3 is 2.19 bits per heavy atom. The predicted octanol–water partition coefficient (Wildman–Crippen LogP) is 4.30. The molecule has 1 aliphatic carbocycles. The largest absolute Gasteiger partial charge is 0.416 e. The molecule has 0 spiro atoms. The van der Waals surface area contributed by atoms with Crippen LogP contribution in [0.2, 0.25) is 0 Å². The minimum absolute atomic E-state index is 0.0858. The molecule has 2 fully saturated rings. The van der Waals surface area contributed by atoms with Crippen LogP contribution in [-0.2, 0) is 12.7 Å². The van der Waals surface area contributed by atoms with E-state index in [0.717, 1.165) is 31.7 Å². The van der Waals surface area contributed by atoms with Gasteiger partial charge in [-0.1, -0.05) is 37.5 Å². The van der Waals surface area contributed by atoms with Gasteiger partial charge in [0.15, 0.2) is 0 Å². The van der Waals surface area contributed by atoms with E-state index in [1.54, 1.807) is 12.1 Å². The molecule has 0 aromatic heterocycles. The highest BCUT2D eigenvalue weighted by Gasteiger charge is 2.33. The first kappa shape index (κ1) is 20.0. The number of likely N-dealkylation sites (tertiary alicyclic amines) is 1. The van der Waals surface area contributed by atoms with Crippen LogP contribution in [0.3, 0.4) is 0 Å². The van der Waals surface area contributed by atoms with Crippen molar-refractivity contribution in [1.29, 1.82) is 0 Å². The van der Waals surface area contributed by atoms with Crippen molar-refractivity contribution in [1.82, 2.24) is 15.5 Å². The average molecular weight is 383 g/mol. The molecule has 2 aliphatic rings. The average Bonchev–Trinajstić information content (AvgIpc) is 2.64. The predicted molar refractivity (Wildman–Crippen MR) is 98.3 cm³/mol. The highest BCUT2D eigenvalue weighted by atomic mass is 19.4. The van der Waals surface area contributed by atoms with Gasteiger partial charge in [-0.25, -0.2) is 4.79 Å². The number of carbonyl (C=O) groups excluding carboxylic acids is 1. The molecule has 27 heavy (non-hydrogen) atoms. The van der Waals surface area contributed by atoms with Crippen molar-refractivity contribution in [3.63, 3.8) is 0 Å². The Balaban J connectivity index is 1.45. The van der Waals surface area contributed by atoms with Crippen molar-refractivity contribution in [2.24, 2.45) is 0 Å². The number of nitrogens with zero attached hydrogens (tertiary/aromatic N) is 1. The van der Waals surface area contributed by atoms with Gasteiger partial charge in [-0.15, -0.1) is 0 Å². The maximum absolute atomic E-state index is 13.1. The Bertz CT molecular complexity index is 621. The molecule has 1 aromatic carbocycles. The molecule has 0 bridgehead atoms. The minimum Gasteiger partial charge on any atom is -0.335 e. The van der Waals surface area contributed by atoms with Gasteiger partial charge in [-0.05, 0) is 37.3 Å². The quantitative estimate of drug-likeness (QED) is 0.814. The van der Waals surface area contributed by atoms with Crippen molar-refractivity contribution in [3.8, 4) is 0 Å². The summed E-state index contributed by atoms with van der Waals surface area (Å²) in [6.07, 6.45) is 2.86. The molecule has 0 atom stereocenters. The van der Waals surface area contributed by atoms with Crippen molar-refractivity contribution in [2.75, 3.05) is 13.1 Å². The van der Waals surface area contributed by atoms with Crippen LogP contribution in [0.25, 0.3) is 0 Å². The molecule has 2 amide bonds. The monoisotopic (exact) mass is 383 g/mol. The number of carbonyl (C=O) groups is 1. The van der Waals surface area contributed by atoms with E-state index < -0.39 is 11.7 Å². The van der Waals surface area contributed by atoms with Crippen molar-refractivity contribution in [3.05, 3.63) is 35.4 Å². The van der Waals surface area contributed by atoms with Gasteiger partial charge in [-0.3, -0.25) is 4.90 Å². The lowest BCUT2D eigenvalue weighted by Crippen LogP contribution is -2.50. The van der Waals surface area contributed by atoms with Crippen LogP contribution in [0, 0.1) is 0 Å². The van der Waals surface area contributed by atoms with Crippen LogP contribution in [0.5, 0.6) is 0 Å². The van der Waals surface area contributed by atoms with Crippen molar-refractivity contribution in [2.45, 2.75) is 69.8 Å². The van der Waals surface area contributed by atoms with Gasteiger partial charge in [0, 0.05) is 31.7 Å². The number of urea groups is 1. The van der Waals surface area contributed by atoms with Gasteiger partial charge in [0.25, 0.3) is 0 Å². The third-order valence-corrected chi connectivity index (χ3v) is 5.58. The molecule has 150 valence electrons. The molecule has 4 nitrogen and oxygen atoms in total. The number of hydrogen-bond donors (Lipinski definition) is 2. The van der Waals surface area contributed by atoms with E-state index >= 15 is 0 Å². The van der Waals surface area contributed by atoms with Gasteiger partial charge in [0.05, 0.1) is 5.56 Å². The van der Waals surface area contributed by atoms with Crippen LogP contribution in [0.1, 0.15) is 56.1 Å². The van der Waals surface area contributed by atoms with Gasteiger partial charge >= 0.3 is 12.2 Å². The highest BCUT2D eigenvalue weighted by molar-refractivity contribution is 5.74. The maximum Gasteiger partial charge on any atom is 0.416 e. The highest BCUT2D eigenvalue weighted by Crippen LogP contribution is 2.32. The summed E-state index contributed by atoms with van der Waals surface area (Å²) in [4.78, 5) is 14.2. The van der Waals surface area contributed by atoms with Gasteiger partial charge in [0.1, 0.15) is 0 Å². The van der Waals surface area contributed by atoms with Crippen LogP contribution in [0.4, 0.5) is 18.0 Å². The van der Waals surface area contributed by atoms with E-state index in [1.807, 2.05) is 4.90 Å². The number of rotatable bonds is 4. The number of halogens is 3. The summed E-state index contributed by atoms with van der Waals surface area (Å²) in [5.74, 6) is 0. The van der Waals surface area contributed by atoms with E-state index in [4.69, 9.17) is 0 Å². The number of piperidine rings is 1. The van der Waals surface area contributed by atoms with Crippen LogP contribution < -0.4 is 10.6 Å². The first-order valence-corrected chi connectivity index (χ1v) is 9.86. The van der Waals surface area contributed by atoms with Gasteiger partial charge in [0.2, 0.25) is 0 Å². The number of nitrogens with one attached hydrogen (secondary N) is 2. The summed E-state index contributed by atoms with van der Waals surface area (Å²) < 4.78 is 39.4. The fourth-order valence-electron chi connectivity index (χ4n) is 4.07. The van der Waals surface area contributed by atoms with E-state index in [9.17, 15) is 18.0 Å². The molecule has 1 aromatic rings. The fourth-order valence-corrected chi connectivity index (χ4v) is 4.07. The van der Waals surface area contributed by atoms with Crippen molar-refractivity contribution < 1.29 is 18.0 Å². The van der Waals surface area contributed by atoms with E-state index in [0.29, 0.717) is 18.7 Å². The van der Waals surface area contributed by atoms with Gasteiger partial charge < -0.3 is 10.6 Å². The Hall–Kier alpha value is -1.76. The van der Waals surface area contributed by atoms with E-state index in [-0.39, 0.29) is 24.7 Å². The Kier molecular flexibility index (Phi) is 6.63. The summed E-state index contributed by atoms with van der Waals surface area (Å²) in [7, 11) is 0. The number of amides is 2. The lowest BCUT2D eigenvalue weighted by atomic mass is 9.96. The Labute approximate surface area is 158 Å². The summed E-state index contributed by atoms with van der Waals surface area (Å²) in [6.45, 7) is 1.65. The molecule has 1 heterocycles. The first-order chi connectivity index (χ1) is 12.9. The number of benzene rings is 1. The second-order valence-corrected chi connectivity index (χ2v) is 7.66. The Morgan fingerprint density at radius 2 is 1.56 bits per heavy atom. The number of hydrogen-bond acceptors (Lipinski definition) is 2. The lowest BCUT2D eigenvalue weighted by Gasteiger charge is -2.33. The summed E-state index contributed by atoms with van der Waals surface area (Å²) in [6, 6.07) is 6.01. The smallest absolute Gasteiger partial charge is 0.335 e. The standard InChI is InChI=1S/C20H28F3N3O/c21-20(22,23)18-9-5-4-6-15(18)14-26-12-10-17(11-13-26)25-19(27)24-16-7-2-1-3-8-16/h4-6,9,16-17H,1-3,7-8,10-14H2,(H2,24,25,27). The molecule has 0 unspecified atom stereocenters. The molecular weight excluding hydrogens is 355 g/mol. The summed E-state index contributed by atoms with van der Waals surface area (Å²) in [5.41, 5.74) is -0.247. The Morgan fingerprint density at radius 1 is 0.963 bits per heavy atom. The third kappa shape index (κ3) is 5.86. The van der Waals surface area contributed by atoms with Crippen LogP contribution >= 0.6 is 0 Å². The normalized spacial score (nSPS) is 20.4. The van der Waals surface area contributed by atoms with E-state index in [1.165, 1.54) is 25.3 Å². The molecule has 0 radical (unpaired) electrons. The first-order valence-electron chi connectivity index (χ1n) is 9.86. The minimum atomic E-state index is -4.33. The van der Waals surface area contributed by atoms with Gasteiger partial charge in [-0.2, -0.15) is 13.2 Å². The molecule has 3 rings (SSSR count). The maximum atomic E-state index is 13.1. The fraction of sp³-hybridized carbons (Fsp3) is 0.650. The second-order valence-electron chi connectivity index (χ2n) is 7.66. The van der Waals surface area contributed by atoms with Crippen LogP contribution in [0.15, 0.2) is 24.3 Å². The SMILES string of the molecule is O=C(NC1CCCCC1)NC1CCN(Cc2ccccc2C(F)(F)F)CC1. The number of alkyl halides is 3. The topological polar surface area (TPSA) is 44.4 Å². The molecule has 7 heteroatoms. The lowest BCUT2D eigenvalue weighted by molar-refractivity contribution is -0.138. The zero-order valence-corrected chi connectivity index (χ0v) is 15.5. The molecule has 1 aliphatic heterocycles. The summed E-state index contributed by atoms with van der Waals surface area (Å²) >= 11 is 0. The summed E-state index contributed by atoms with van der Waals surface area (Å²) in [5, 5.41) is 6.08. The molecule has 2 N–H and O–H groups in total. The molecule has 1 saturated heterocycles. The van der Waals surface area contributed by atoms with Crippen molar-refractivity contribution >= 4 is 6.03 Å². The molecule has 1 saturated carbocycles. The second kappa shape index (κ2) is 8.95.